The minimum atomic E-state index is -0.275. The molecule has 0 aliphatic heterocycles. The van der Waals surface area contributed by atoms with Gasteiger partial charge in [-0.25, -0.2) is 0 Å². The lowest BCUT2D eigenvalue weighted by atomic mass is 10.1. The molecule has 1 aromatic rings. The molecule has 3 unspecified atom stereocenters. The van der Waals surface area contributed by atoms with Gasteiger partial charge in [0.15, 0.2) is 0 Å². The average molecular weight is 235 g/mol. The molecule has 0 fully saturated rings. The van der Waals surface area contributed by atoms with Crippen LogP contribution in [0.4, 0.5) is 0 Å². The summed E-state index contributed by atoms with van der Waals surface area (Å²) in [5.41, 5.74) is 2.29. The van der Waals surface area contributed by atoms with Crippen LogP contribution in [0.5, 0.6) is 5.75 Å². The van der Waals surface area contributed by atoms with Gasteiger partial charge in [-0.15, -0.1) is 0 Å². The molecule has 0 amide bonds. The zero-order valence-electron chi connectivity index (χ0n) is 10.5. The minimum absolute atomic E-state index is 0.275. The van der Waals surface area contributed by atoms with E-state index in [1.807, 2.05) is 13.0 Å². The van der Waals surface area contributed by atoms with Crippen LogP contribution in [0, 0.1) is 0 Å². The number of phenols is 1. The van der Waals surface area contributed by atoms with Crippen molar-refractivity contribution in [2.75, 3.05) is 0 Å². The molecule has 1 aliphatic carbocycles. The zero-order chi connectivity index (χ0) is 12.4. The largest absolute Gasteiger partial charge is 0.508 e. The first-order valence-electron chi connectivity index (χ1n) is 6.32. The number of rotatable bonds is 4. The molecule has 0 spiro atoms. The molecule has 0 bridgehead atoms. The van der Waals surface area contributed by atoms with Gasteiger partial charge in [0.2, 0.25) is 0 Å². The van der Waals surface area contributed by atoms with Crippen LogP contribution in [0.25, 0.3) is 0 Å². The number of aliphatic hydroxyl groups excluding tert-OH is 1. The predicted molar refractivity (Wildman–Crippen MR) is 68.1 cm³/mol. The standard InChI is InChI=1S/C14H21NO2/c1-9(8-10(2)16)15-13-7-6-12-11(13)4-3-5-14(12)17/h3-5,9-10,13,15-17H,6-8H2,1-2H3. The third-order valence-corrected chi connectivity index (χ3v) is 3.43. The van der Waals surface area contributed by atoms with E-state index in [0.717, 1.165) is 24.8 Å². The molecule has 17 heavy (non-hydrogen) atoms. The topological polar surface area (TPSA) is 52.5 Å². The van der Waals surface area contributed by atoms with Crippen LogP contribution < -0.4 is 5.32 Å². The molecular formula is C14H21NO2. The lowest BCUT2D eigenvalue weighted by Gasteiger charge is -2.21. The summed E-state index contributed by atoms with van der Waals surface area (Å²) in [7, 11) is 0. The van der Waals surface area contributed by atoms with E-state index in [2.05, 4.69) is 18.3 Å². The number of aromatic hydroxyl groups is 1. The van der Waals surface area contributed by atoms with Crippen molar-refractivity contribution in [3.63, 3.8) is 0 Å². The normalized spacial score (nSPS) is 22.2. The maximum absolute atomic E-state index is 9.76. The maximum atomic E-state index is 9.76. The van der Waals surface area contributed by atoms with Gasteiger partial charge in [-0.05, 0) is 50.3 Å². The monoisotopic (exact) mass is 235 g/mol. The number of phenolic OH excluding ortho intramolecular Hbond substituents is 1. The molecule has 0 radical (unpaired) electrons. The zero-order valence-corrected chi connectivity index (χ0v) is 10.5. The maximum Gasteiger partial charge on any atom is 0.119 e. The molecule has 1 aromatic carbocycles. The number of nitrogens with one attached hydrogen (secondary N) is 1. The van der Waals surface area contributed by atoms with E-state index in [4.69, 9.17) is 0 Å². The van der Waals surface area contributed by atoms with E-state index in [1.54, 1.807) is 6.07 Å². The number of aliphatic hydroxyl groups is 1. The van der Waals surface area contributed by atoms with Gasteiger partial charge in [0.25, 0.3) is 0 Å². The summed E-state index contributed by atoms with van der Waals surface area (Å²) in [4.78, 5) is 0. The van der Waals surface area contributed by atoms with Crippen molar-refractivity contribution >= 4 is 0 Å². The van der Waals surface area contributed by atoms with Gasteiger partial charge in [0.05, 0.1) is 6.10 Å². The SMILES string of the molecule is CC(O)CC(C)NC1CCc2c(O)cccc21. The van der Waals surface area contributed by atoms with E-state index in [9.17, 15) is 10.2 Å². The fraction of sp³-hybridized carbons (Fsp3) is 0.571. The highest BCUT2D eigenvalue weighted by Crippen LogP contribution is 2.36. The summed E-state index contributed by atoms with van der Waals surface area (Å²) < 4.78 is 0. The highest BCUT2D eigenvalue weighted by atomic mass is 16.3. The Labute approximate surface area is 102 Å². The van der Waals surface area contributed by atoms with Crippen molar-refractivity contribution in [2.45, 2.75) is 51.3 Å². The molecule has 94 valence electrons. The molecule has 0 heterocycles. The van der Waals surface area contributed by atoms with E-state index >= 15 is 0 Å². The Morgan fingerprint density at radius 3 is 2.88 bits per heavy atom. The van der Waals surface area contributed by atoms with Crippen molar-refractivity contribution in [1.29, 1.82) is 0 Å². The fourth-order valence-corrected chi connectivity index (χ4v) is 2.73. The van der Waals surface area contributed by atoms with Crippen molar-refractivity contribution < 1.29 is 10.2 Å². The second-order valence-electron chi connectivity index (χ2n) is 5.09. The van der Waals surface area contributed by atoms with E-state index < -0.39 is 0 Å². The van der Waals surface area contributed by atoms with Gasteiger partial charge < -0.3 is 15.5 Å². The van der Waals surface area contributed by atoms with Crippen molar-refractivity contribution in [1.82, 2.24) is 5.32 Å². The molecule has 1 aliphatic rings. The Balaban J connectivity index is 2.05. The summed E-state index contributed by atoms with van der Waals surface area (Å²) in [5.74, 6) is 0.412. The number of hydrogen-bond acceptors (Lipinski definition) is 3. The van der Waals surface area contributed by atoms with Crippen LogP contribution in [0.15, 0.2) is 18.2 Å². The molecule has 2 rings (SSSR count). The lowest BCUT2D eigenvalue weighted by Crippen LogP contribution is -2.31. The highest BCUT2D eigenvalue weighted by molar-refractivity contribution is 5.44. The van der Waals surface area contributed by atoms with Gasteiger partial charge in [-0.3, -0.25) is 0 Å². The summed E-state index contributed by atoms with van der Waals surface area (Å²) in [6, 6.07) is 6.32. The highest BCUT2D eigenvalue weighted by Gasteiger charge is 2.25. The molecule has 0 aromatic heterocycles. The number of benzene rings is 1. The van der Waals surface area contributed by atoms with Crippen molar-refractivity contribution in [3.8, 4) is 5.75 Å². The second kappa shape index (κ2) is 5.07. The third kappa shape index (κ3) is 2.79. The van der Waals surface area contributed by atoms with E-state index in [-0.39, 0.29) is 12.1 Å². The van der Waals surface area contributed by atoms with Gasteiger partial charge in [-0.1, -0.05) is 12.1 Å². The quantitative estimate of drug-likeness (QED) is 0.749. The van der Waals surface area contributed by atoms with Gasteiger partial charge >= 0.3 is 0 Å². The second-order valence-corrected chi connectivity index (χ2v) is 5.09. The Morgan fingerprint density at radius 1 is 1.41 bits per heavy atom. The van der Waals surface area contributed by atoms with Crippen LogP contribution in [-0.2, 0) is 6.42 Å². The third-order valence-electron chi connectivity index (χ3n) is 3.43. The van der Waals surface area contributed by atoms with Gasteiger partial charge in [-0.2, -0.15) is 0 Å². The first-order chi connectivity index (χ1) is 8.08. The van der Waals surface area contributed by atoms with Gasteiger partial charge in [0, 0.05) is 12.1 Å². The Morgan fingerprint density at radius 2 is 2.18 bits per heavy atom. The summed E-state index contributed by atoms with van der Waals surface area (Å²) >= 11 is 0. The van der Waals surface area contributed by atoms with Crippen LogP contribution in [0.1, 0.15) is 43.9 Å². The summed E-state index contributed by atoms with van der Waals surface area (Å²) in [6.07, 6.45) is 2.44. The Hall–Kier alpha value is -1.06. The molecule has 3 N–H and O–H groups in total. The molecule has 0 saturated carbocycles. The van der Waals surface area contributed by atoms with Crippen LogP contribution >= 0.6 is 0 Å². The Kier molecular flexibility index (Phi) is 3.69. The van der Waals surface area contributed by atoms with Crippen molar-refractivity contribution in [3.05, 3.63) is 29.3 Å². The molecule has 0 saturated heterocycles. The summed E-state index contributed by atoms with van der Waals surface area (Å²) in [6.45, 7) is 3.90. The minimum Gasteiger partial charge on any atom is -0.508 e. The fourth-order valence-electron chi connectivity index (χ4n) is 2.73. The summed E-state index contributed by atoms with van der Waals surface area (Å²) in [5, 5.41) is 22.6. The lowest BCUT2D eigenvalue weighted by molar-refractivity contribution is 0.168. The van der Waals surface area contributed by atoms with Gasteiger partial charge in [0.1, 0.15) is 5.75 Å². The first kappa shape index (κ1) is 12.4. The van der Waals surface area contributed by atoms with Crippen LogP contribution in [0.2, 0.25) is 0 Å². The number of fused-ring (bicyclic) bond motifs is 1. The van der Waals surface area contributed by atoms with Crippen molar-refractivity contribution in [2.24, 2.45) is 0 Å². The molecular weight excluding hydrogens is 214 g/mol. The average Bonchev–Trinajstić information content (AvgIpc) is 2.62. The van der Waals surface area contributed by atoms with Crippen LogP contribution in [-0.4, -0.2) is 22.4 Å². The van der Waals surface area contributed by atoms with E-state index in [0.29, 0.717) is 11.8 Å². The predicted octanol–water partition coefficient (Wildman–Crippen LogP) is 2.13. The molecule has 3 heteroatoms. The first-order valence-corrected chi connectivity index (χ1v) is 6.32. The molecule has 3 nitrogen and oxygen atoms in total. The van der Waals surface area contributed by atoms with Crippen LogP contribution in [0.3, 0.4) is 0 Å². The number of hydrogen-bond donors (Lipinski definition) is 3. The van der Waals surface area contributed by atoms with E-state index in [1.165, 1.54) is 5.56 Å². The molecule has 3 atom stereocenters. The Bertz CT molecular complexity index is 390. The smallest absolute Gasteiger partial charge is 0.119 e.